The Kier molecular flexibility index (Phi) is 6.19. The Labute approximate surface area is 139 Å². The quantitative estimate of drug-likeness (QED) is 0.754. The van der Waals surface area contributed by atoms with Gasteiger partial charge < -0.3 is 14.4 Å². The first-order valence-electron chi connectivity index (χ1n) is 8.57. The molecule has 1 aliphatic rings. The lowest BCUT2D eigenvalue weighted by Gasteiger charge is -2.41. The average molecular weight is 319 g/mol. The van der Waals surface area contributed by atoms with Crippen LogP contribution in [0.15, 0.2) is 30.3 Å². The number of esters is 1. The van der Waals surface area contributed by atoms with Crippen molar-refractivity contribution in [1.82, 2.24) is 4.90 Å². The number of benzene rings is 1. The maximum atomic E-state index is 12.4. The number of carbonyl (C=O) groups is 1. The van der Waals surface area contributed by atoms with E-state index in [9.17, 15) is 4.79 Å². The van der Waals surface area contributed by atoms with Crippen molar-refractivity contribution in [3.63, 3.8) is 0 Å². The summed E-state index contributed by atoms with van der Waals surface area (Å²) < 4.78 is 11.8. The summed E-state index contributed by atoms with van der Waals surface area (Å²) in [5.74, 6) is -0.0200. The van der Waals surface area contributed by atoms with Crippen LogP contribution >= 0.6 is 0 Å². The zero-order chi connectivity index (χ0) is 16.9. The highest BCUT2D eigenvalue weighted by Crippen LogP contribution is 2.31. The molecule has 4 nitrogen and oxygen atoms in total. The van der Waals surface area contributed by atoms with Gasteiger partial charge in [0, 0.05) is 18.9 Å². The molecule has 128 valence electrons. The Morgan fingerprint density at radius 1 is 1.26 bits per heavy atom. The molecule has 0 radical (unpaired) electrons. The van der Waals surface area contributed by atoms with Crippen LogP contribution in [-0.4, -0.2) is 48.8 Å². The van der Waals surface area contributed by atoms with Crippen LogP contribution < -0.4 is 0 Å². The maximum Gasteiger partial charge on any atom is 0.338 e. The predicted molar refractivity (Wildman–Crippen MR) is 91.6 cm³/mol. The van der Waals surface area contributed by atoms with Crippen molar-refractivity contribution in [2.24, 2.45) is 5.92 Å². The Morgan fingerprint density at radius 2 is 1.91 bits per heavy atom. The van der Waals surface area contributed by atoms with Gasteiger partial charge in [0.1, 0.15) is 6.10 Å². The van der Waals surface area contributed by atoms with Gasteiger partial charge in [-0.05, 0) is 39.1 Å². The van der Waals surface area contributed by atoms with Gasteiger partial charge in [0.25, 0.3) is 0 Å². The number of ether oxygens (including phenoxy) is 2. The van der Waals surface area contributed by atoms with Crippen LogP contribution in [0.1, 0.15) is 44.5 Å². The molecule has 0 bridgehead atoms. The first-order chi connectivity index (χ1) is 10.9. The Balaban J connectivity index is 2.07. The third-order valence-electron chi connectivity index (χ3n) is 4.56. The Hall–Kier alpha value is -1.39. The highest BCUT2D eigenvalue weighted by molar-refractivity contribution is 5.89. The van der Waals surface area contributed by atoms with E-state index in [0.717, 1.165) is 26.1 Å². The van der Waals surface area contributed by atoms with Crippen molar-refractivity contribution in [2.45, 2.75) is 45.8 Å². The van der Waals surface area contributed by atoms with Gasteiger partial charge in [-0.3, -0.25) is 0 Å². The van der Waals surface area contributed by atoms with Gasteiger partial charge in [-0.15, -0.1) is 0 Å². The third-order valence-corrected chi connectivity index (χ3v) is 4.56. The number of carbonyl (C=O) groups excluding carboxylic acids is 1. The second kappa shape index (κ2) is 7.93. The molecule has 1 aromatic rings. The minimum atomic E-state index is -0.249. The van der Waals surface area contributed by atoms with Gasteiger partial charge in [0.05, 0.1) is 17.8 Å². The second-order valence-electron chi connectivity index (χ2n) is 6.83. The van der Waals surface area contributed by atoms with E-state index in [-0.39, 0.29) is 23.6 Å². The van der Waals surface area contributed by atoms with Gasteiger partial charge in [-0.1, -0.05) is 32.0 Å². The Bertz CT molecular complexity index is 497. The molecule has 1 saturated heterocycles. The lowest BCUT2D eigenvalue weighted by molar-refractivity contribution is -0.136. The number of nitrogens with zero attached hydrogens (tertiary/aromatic N) is 1. The van der Waals surface area contributed by atoms with E-state index >= 15 is 0 Å². The summed E-state index contributed by atoms with van der Waals surface area (Å²) >= 11 is 0. The van der Waals surface area contributed by atoms with Crippen LogP contribution in [0.4, 0.5) is 0 Å². The third kappa shape index (κ3) is 5.05. The highest BCUT2D eigenvalue weighted by Gasteiger charge is 2.38. The van der Waals surface area contributed by atoms with Crippen molar-refractivity contribution in [3.05, 3.63) is 35.9 Å². The molecule has 0 aromatic heterocycles. The summed E-state index contributed by atoms with van der Waals surface area (Å²) in [6.07, 6.45) is 0.629. The SMILES string of the molecule is CCN(CC)CC1COC(C)(C)CC1OC(=O)c1ccccc1. The van der Waals surface area contributed by atoms with Gasteiger partial charge in [-0.25, -0.2) is 4.79 Å². The standard InChI is InChI=1S/C19H29NO3/c1-5-20(6-2)13-16-14-22-19(3,4)12-17(16)23-18(21)15-10-8-7-9-11-15/h7-11,16-17H,5-6,12-14H2,1-4H3. The molecular formula is C19H29NO3. The summed E-state index contributed by atoms with van der Waals surface area (Å²) in [4.78, 5) is 14.8. The first kappa shape index (κ1) is 18.0. The summed E-state index contributed by atoms with van der Waals surface area (Å²) in [5.41, 5.74) is 0.361. The van der Waals surface area contributed by atoms with E-state index in [4.69, 9.17) is 9.47 Å². The molecule has 2 rings (SSSR count). The molecule has 4 heteroatoms. The minimum Gasteiger partial charge on any atom is -0.458 e. The van der Waals surface area contributed by atoms with E-state index in [1.54, 1.807) is 12.1 Å². The molecule has 1 fully saturated rings. The van der Waals surface area contributed by atoms with Crippen LogP contribution in [0.2, 0.25) is 0 Å². The van der Waals surface area contributed by atoms with E-state index in [1.165, 1.54) is 0 Å². The lowest BCUT2D eigenvalue weighted by Crippen LogP contribution is -2.49. The molecule has 0 amide bonds. The van der Waals surface area contributed by atoms with Gasteiger partial charge in [0.2, 0.25) is 0 Å². The zero-order valence-corrected chi connectivity index (χ0v) is 14.7. The zero-order valence-electron chi connectivity index (χ0n) is 14.7. The lowest BCUT2D eigenvalue weighted by atomic mass is 9.88. The summed E-state index contributed by atoms with van der Waals surface area (Å²) in [6, 6.07) is 9.21. The second-order valence-corrected chi connectivity index (χ2v) is 6.83. The summed E-state index contributed by atoms with van der Waals surface area (Å²) in [5, 5.41) is 0. The van der Waals surface area contributed by atoms with Crippen LogP contribution in [0.3, 0.4) is 0 Å². The largest absolute Gasteiger partial charge is 0.458 e. The fourth-order valence-corrected chi connectivity index (χ4v) is 3.05. The number of hydrogen-bond donors (Lipinski definition) is 0. The van der Waals surface area contributed by atoms with Crippen molar-refractivity contribution in [3.8, 4) is 0 Å². The van der Waals surface area contributed by atoms with E-state index in [0.29, 0.717) is 12.2 Å². The van der Waals surface area contributed by atoms with Crippen molar-refractivity contribution in [1.29, 1.82) is 0 Å². The van der Waals surface area contributed by atoms with E-state index < -0.39 is 0 Å². The smallest absolute Gasteiger partial charge is 0.338 e. The Morgan fingerprint density at radius 3 is 2.52 bits per heavy atom. The molecule has 1 aliphatic heterocycles. The molecule has 1 aromatic carbocycles. The molecule has 0 N–H and O–H groups in total. The monoisotopic (exact) mass is 319 g/mol. The van der Waals surface area contributed by atoms with Crippen molar-refractivity contribution in [2.75, 3.05) is 26.2 Å². The fourth-order valence-electron chi connectivity index (χ4n) is 3.05. The molecule has 23 heavy (non-hydrogen) atoms. The molecule has 1 heterocycles. The summed E-state index contributed by atoms with van der Waals surface area (Å²) in [7, 11) is 0. The summed E-state index contributed by atoms with van der Waals surface area (Å²) in [6.45, 7) is 12.0. The molecule has 2 unspecified atom stereocenters. The van der Waals surface area contributed by atoms with E-state index in [1.807, 2.05) is 18.2 Å². The van der Waals surface area contributed by atoms with Crippen LogP contribution in [0, 0.1) is 5.92 Å². The molecule has 0 spiro atoms. The molecular weight excluding hydrogens is 290 g/mol. The van der Waals surface area contributed by atoms with Crippen molar-refractivity contribution < 1.29 is 14.3 Å². The van der Waals surface area contributed by atoms with Crippen LogP contribution in [0.25, 0.3) is 0 Å². The first-order valence-corrected chi connectivity index (χ1v) is 8.57. The predicted octanol–water partition coefficient (Wildman–Crippen LogP) is 3.37. The maximum absolute atomic E-state index is 12.4. The highest BCUT2D eigenvalue weighted by atomic mass is 16.6. The molecule has 0 aliphatic carbocycles. The van der Waals surface area contributed by atoms with Crippen molar-refractivity contribution >= 4 is 5.97 Å². The molecule has 2 atom stereocenters. The van der Waals surface area contributed by atoms with Gasteiger partial charge in [-0.2, -0.15) is 0 Å². The fraction of sp³-hybridized carbons (Fsp3) is 0.632. The van der Waals surface area contributed by atoms with Crippen LogP contribution in [0.5, 0.6) is 0 Å². The average Bonchev–Trinajstić information content (AvgIpc) is 2.54. The molecule has 0 saturated carbocycles. The van der Waals surface area contributed by atoms with E-state index in [2.05, 4.69) is 32.6 Å². The number of rotatable bonds is 6. The van der Waals surface area contributed by atoms with Gasteiger partial charge >= 0.3 is 5.97 Å². The minimum absolute atomic E-state index is 0.105. The van der Waals surface area contributed by atoms with Gasteiger partial charge in [0.15, 0.2) is 0 Å². The van der Waals surface area contributed by atoms with Crippen LogP contribution in [-0.2, 0) is 9.47 Å². The number of hydrogen-bond acceptors (Lipinski definition) is 4. The topological polar surface area (TPSA) is 38.8 Å². The normalized spacial score (nSPS) is 23.7.